The molecular weight excluding hydrogens is 340 g/mol. The molecule has 0 amide bonds. The van der Waals surface area contributed by atoms with Crippen LogP contribution in [0.15, 0.2) is 72.8 Å². The molecule has 3 aromatic rings. The van der Waals surface area contributed by atoms with Gasteiger partial charge in [0.25, 0.3) is 0 Å². The average molecular weight is 360 g/mol. The number of ether oxygens (including phenoxy) is 2. The van der Waals surface area contributed by atoms with E-state index in [4.69, 9.17) is 9.47 Å². The van der Waals surface area contributed by atoms with Crippen molar-refractivity contribution in [1.29, 1.82) is 0 Å². The molecule has 0 radical (unpaired) electrons. The van der Waals surface area contributed by atoms with E-state index in [1.54, 1.807) is 12.1 Å². The smallest absolute Gasteiger partial charge is 0.157 e. The Balaban J connectivity index is 1.75. The molecule has 0 aromatic heterocycles. The van der Waals surface area contributed by atoms with Gasteiger partial charge >= 0.3 is 0 Å². The fourth-order valence-electron chi connectivity index (χ4n) is 3.70. The average Bonchev–Trinajstić information content (AvgIpc) is 2.72. The van der Waals surface area contributed by atoms with Crippen LogP contribution in [0.5, 0.6) is 17.2 Å². The summed E-state index contributed by atoms with van der Waals surface area (Å²) in [5.41, 5.74) is 3.40. The lowest BCUT2D eigenvalue weighted by Crippen LogP contribution is -2.25. The van der Waals surface area contributed by atoms with E-state index in [9.17, 15) is 9.90 Å². The number of carbonyl (C=O) groups excluding carboxylic acids is 1. The third-order valence-electron chi connectivity index (χ3n) is 4.94. The number of hydrogen-bond acceptors (Lipinski definition) is 4. The van der Waals surface area contributed by atoms with Crippen LogP contribution in [0.1, 0.15) is 28.5 Å². The number of fused-ring (bicyclic) bond motifs is 1. The minimum Gasteiger partial charge on any atom is -0.508 e. The molecule has 1 aliphatic heterocycles. The van der Waals surface area contributed by atoms with Crippen LogP contribution in [0.4, 0.5) is 0 Å². The third-order valence-corrected chi connectivity index (χ3v) is 4.94. The van der Waals surface area contributed by atoms with Crippen molar-refractivity contribution in [2.45, 2.75) is 11.8 Å². The number of phenols is 1. The summed E-state index contributed by atoms with van der Waals surface area (Å²) in [5, 5.41) is 9.82. The Bertz CT molecular complexity index is 919. The third kappa shape index (κ3) is 3.51. The second kappa shape index (κ2) is 7.54. The molecule has 2 atom stereocenters. The van der Waals surface area contributed by atoms with Gasteiger partial charge in [-0.15, -0.1) is 0 Å². The van der Waals surface area contributed by atoms with Gasteiger partial charge in [-0.1, -0.05) is 48.5 Å². The quantitative estimate of drug-likeness (QED) is 0.690. The molecule has 27 heavy (non-hydrogen) atoms. The van der Waals surface area contributed by atoms with Gasteiger partial charge in [0.05, 0.1) is 6.61 Å². The molecule has 1 unspecified atom stereocenters. The topological polar surface area (TPSA) is 55.8 Å². The molecule has 0 fully saturated rings. The van der Waals surface area contributed by atoms with Crippen LogP contribution in [-0.2, 0) is 4.79 Å². The van der Waals surface area contributed by atoms with Crippen LogP contribution >= 0.6 is 0 Å². The second-order valence-electron chi connectivity index (χ2n) is 6.57. The van der Waals surface area contributed by atoms with E-state index in [2.05, 4.69) is 12.1 Å². The van der Waals surface area contributed by atoms with Gasteiger partial charge < -0.3 is 14.6 Å². The molecule has 0 bridgehead atoms. The van der Waals surface area contributed by atoms with Crippen molar-refractivity contribution in [2.75, 3.05) is 13.2 Å². The number of phenolic OH excluding ortho intramolecular Hbond substituents is 1. The summed E-state index contributed by atoms with van der Waals surface area (Å²) in [6.07, 6.45) is 0.737. The van der Waals surface area contributed by atoms with Crippen LogP contribution in [0.2, 0.25) is 0 Å². The molecule has 0 saturated heterocycles. The lowest BCUT2D eigenvalue weighted by Gasteiger charge is -2.34. The highest BCUT2D eigenvalue weighted by molar-refractivity contribution is 5.52. The predicted molar refractivity (Wildman–Crippen MR) is 103 cm³/mol. The first-order valence-electron chi connectivity index (χ1n) is 8.93. The number of aromatic hydroxyl groups is 1. The Morgan fingerprint density at radius 2 is 1.78 bits per heavy atom. The fourth-order valence-corrected chi connectivity index (χ4v) is 3.70. The van der Waals surface area contributed by atoms with Gasteiger partial charge in [0.1, 0.15) is 23.9 Å². The summed E-state index contributed by atoms with van der Waals surface area (Å²) in [6, 6.07) is 23.5. The molecule has 1 N–H and O–H groups in total. The van der Waals surface area contributed by atoms with Gasteiger partial charge in [-0.2, -0.15) is 0 Å². The van der Waals surface area contributed by atoms with Crippen LogP contribution in [0.25, 0.3) is 0 Å². The zero-order valence-electron chi connectivity index (χ0n) is 14.7. The maximum atomic E-state index is 10.5. The van der Waals surface area contributed by atoms with Crippen LogP contribution in [0.3, 0.4) is 0 Å². The number of aldehydes is 1. The van der Waals surface area contributed by atoms with Crippen molar-refractivity contribution in [1.82, 2.24) is 0 Å². The first-order valence-corrected chi connectivity index (χ1v) is 8.93. The Kier molecular flexibility index (Phi) is 4.79. The normalized spacial score (nSPS) is 18.2. The van der Waals surface area contributed by atoms with E-state index in [0.29, 0.717) is 18.1 Å². The van der Waals surface area contributed by atoms with Gasteiger partial charge in [0.2, 0.25) is 0 Å². The van der Waals surface area contributed by atoms with Crippen molar-refractivity contribution in [2.24, 2.45) is 0 Å². The Hall–Kier alpha value is -3.27. The van der Waals surface area contributed by atoms with Crippen molar-refractivity contribution in [3.05, 3.63) is 89.5 Å². The minimum atomic E-state index is 0.0470. The monoisotopic (exact) mass is 360 g/mol. The van der Waals surface area contributed by atoms with Gasteiger partial charge in [-0.05, 0) is 29.3 Å². The Labute approximate surface area is 158 Å². The molecule has 4 rings (SSSR count). The van der Waals surface area contributed by atoms with Gasteiger partial charge in [-0.25, -0.2) is 0 Å². The van der Waals surface area contributed by atoms with Gasteiger partial charge in [0, 0.05) is 23.5 Å². The highest BCUT2D eigenvalue weighted by atomic mass is 16.5. The standard InChI is InChI=1S/C23H20O4/c24-12-13-26-19-9-6-17(7-10-19)23-20-11-8-18(25)14-22(20)27-15-21(23)16-4-2-1-3-5-16/h1-12,14,21,23,25H,13,15H2/t21-,23?/m1/s1. The van der Waals surface area contributed by atoms with E-state index in [-0.39, 0.29) is 24.2 Å². The largest absolute Gasteiger partial charge is 0.508 e. The zero-order chi connectivity index (χ0) is 18.6. The maximum Gasteiger partial charge on any atom is 0.157 e. The molecule has 1 aliphatic rings. The lowest BCUT2D eigenvalue weighted by molar-refractivity contribution is -0.109. The molecule has 3 aromatic carbocycles. The highest BCUT2D eigenvalue weighted by Gasteiger charge is 2.33. The summed E-state index contributed by atoms with van der Waals surface area (Å²) >= 11 is 0. The first kappa shape index (κ1) is 17.2. The lowest BCUT2D eigenvalue weighted by atomic mass is 9.76. The number of hydrogen-bond donors (Lipinski definition) is 1. The molecule has 0 saturated carbocycles. The minimum absolute atomic E-state index is 0.0470. The number of benzene rings is 3. The summed E-state index contributed by atoms with van der Waals surface area (Å²) in [6.45, 7) is 0.583. The molecule has 0 spiro atoms. The molecule has 0 aliphatic carbocycles. The summed E-state index contributed by atoms with van der Waals surface area (Å²) in [4.78, 5) is 10.5. The second-order valence-corrected chi connectivity index (χ2v) is 6.57. The molecule has 4 heteroatoms. The van der Waals surface area contributed by atoms with Crippen molar-refractivity contribution < 1.29 is 19.4 Å². The van der Waals surface area contributed by atoms with Crippen LogP contribution in [-0.4, -0.2) is 24.6 Å². The Morgan fingerprint density at radius 3 is 2.52 bits per heavy atom. The van der Waals surface area contributed by atoms with E-state index >= 15 is 0 Å². The molecule has 136 valence electrons. The van der Waals surface area contributed by atoms with Crippen LogP contribution in [0, 0.1) is 0 Å². The van der Waals surface area contributed by atoms with E-state index in [1.807, 2.05) is 48.5 Å². The zero-order valence-corrected chi connectivity index (χ0v) is 14.7. The van der Waals surface area contributed by atoms with Gasteiger partial charge in [0.15, 0.2) is 6.29 Å². The van der Waals surface area contributed by atoms with E-state index in [0.717, 1.165) is 17.4 Å². The van der Waals surface area contributed by atoms with E-state index < -0.39 is 0 Å². The molecule has 4 nitrogen and oxygen atoms in total. The van der Waals surface area contributed by atoms with E-state index in [1.165, 1.54) is 5.56 Å². The number of rotatable bonds is 5. The number of carbonyl (C=O) groups is 1. The predicted octanol–water partition coefficient (Wildman–Crippen LogP) is 4.28. The summed E-state index contributed by atoms with van der Waals surface area (Å²) in [5.74, 6) is 1.83. The fraction of sp³-hybridized carbons (Fsp3) is 0.174. The van der Waals surface area contributed by atoms with Crippen molar-refractivity contribution in [3.8, 4) is 17.2 Å². The van der Waals surface area contributed by atoms with Gasteiger partial charge in [-0.3, -0.25) is 4.79 Å². The Morgan fingerprint density at radius 1 is 1.00 bits per heavy atom. The maximum absolute atomic E-state index is 10.5. The molecule has 1 heterocycles. The van der Waals surface area contributed by atoms with Crippen molar-refractivity contribution in [3.63, 3.8) is 0 Å². The summed E-state index contributed by atoms with van der Waals surface area (Å²) in [7, 11) is 0. The SMILES string of the molecule is O=CCOc1ccc(C2c3ccc(O)cc3OC[C@@H]2c2ccccc2)cc1. The van der Waals surface area contributed by atoms with Crippen LogP contribution < -0.4 is 9.47 Å². The highest BCUT2D eigenvalue weighted by Crippen LogP contribution is 2.47. The first-order chi connectivity index (χ1) is 13.3. The van der Waals surface area contributed by atoms with Crippen molar-refractivity contribution >= 4 is 6.29 Å². The molecular formula is C23H20O4. The summed E-state index contributed by atoms with van der Waals surface area (Å²) < 4.78 is 11.3.